The molecule has 0 spiro atoms. The maximum Gasteiger partial charge on any atom is 0.142 e. The van der Waals surface area contributed by atoms with Gasteiger partial charge in [-0.3, -0.25) is 4.90 Å². The Morgan fingerprint density at radius 1 is 0.815 bits per heavy atom. The number of hydrogen-bond acceptors (Lipinski definition) is 3. The van der Waals surface area contributed by atoms with Crippen molar-refractivity contribution in [1.29, 1.82) is 0 Å². The Labute approximate surface area is 163 Å². The lowest BCUT2D eigenvalue weighted by atomic mass is 9.81. The molecule has 1 aliphatic carbocycles. The van der Waals surface area contributed by atoms with Crippen LogP contribution >= 0.6 is 0 Å². The highest BCUT2D eigenvalue weighted by molar-refractivity contribution is 5.58. The lowest BCUT2D eigenvalue weighted by molar-refractivity contribution is 0.141. The van der Waals surface area contributed by atoms with Gasteiger partial charge in [0.2, 0.25) is 0 Å². The van der Waals surface area contributed by atoms with Gasteiger partial charge < -0.3 is 9.64 Å². The van der Waals surface area contributed by atoms with E-state index < -0.39 is 0 Å². The average Bonchev–Trinajstić information content (AvgIpc) is 2.74. The minimum atomic E-state index is 0.761. The minimum absolute atomic E-state index is 0.761. The Morgan fingerprint density at radius 3 is 2.15 bits per heavy atom. The molecule has 1 aliphatic heterocycles. The van der Waals surface area contributed by atoms with Crippen molar-refractivity contribution in [2.24, 2.45) is 0 Å². The van der Waals surface area contributed by atoms with Gasteiger partial charge in [0, 0.05) is 32.2 Å². The summed E-state index contributed by atoms with van der Waals surface area (Å²) in [6.45, 7) is 6.69. The fourth-order valence-electron chi connectivity index (χ4n) is 4.83. The van der Waals surface area contributed by atoms with E-state index in [0.717, 1.165) is 43.9 Å². The number of aryl methyl sites for hydroxylation is 1. The molecule has 2 fully saturated rings. The molecule has 3 nitrogen and oxygen atoms in total. The van der Waals surface area contributed by atoms with Crippen LogP contribution in [-0.2, 0) is 0 Å². The van der Waals surface area contributed by atoms with Gasteiger partial charge in [-0.15, -0.1) is 0 Å². The van der Waals surface area contributed by atoms with Gasteiger partial charge in [-0.1, -0.05) is 42.0 Å². The lowest BCUT2D eigenvalue weighted by Gasteiger charge is -2.43. The van der Waals surface area contributed by atoms with Crippen LogP contribution in [0.1, 0.15) is 42.7 Å². The number of ether oxygens (including phenoxy) is 1. The summed E-state index contributed by atoms with van der Waals surface area (Å²) < 4.78 is 5.55. The zero-order chi connectivity index (χ0) is 18.6. The van der Waals surface area contributed by atoms with Crippen LogP contribution in [0.25, 0.3) is 0 Å². The number of nitrogens with zero attached hydrogens (tertiary/aromatic N) is 2. The fraction of sp³-hybridized carbons (Fsp3) is 0.500. The third-order valence-corrected chi connectivity index (χ3v) is 6.50. The molecule has 1 saturated carbocycles. The van der Waals surface area contributed by atoms with E-state index in [1.165, 1.54) is 36.9 Å². The molecule has 3 heteroatoms. The summed E-state index contributed by atoms with van der Waals surface area (Å²) in [7, 11) is 1.77. The van der Waals surface area contributed by atoms with Crippen molar-refractivity contribution in [3.05, 3.63) is 59.7 Å². The van der Waals surface area contributed by atoms with Crippen LogP contribution < -0.4 is 9.64 Å². The molecule has 2 aromatic rings. The first-order valence-electron chi connectivity index (χ1n) is 10.4. The summed E-state index contributed by atoms with van der Waals surface area (Å²) in [6.07, 6.45) is 5.35. The molecule has 0 amide bonds. The van der Waals surface area contributed by atoms with Gasteiger partial charge in [0.1, 0.15) is 5.75 Å². The topological polar surface area (TPSA) is 15.7 Å². The molecular formula is C24H32N2O. The fourth-order valence-corrected chi connectivity index (χ4v) is 4.83. The molecule has 1 saturated heterocycles. The standard InChI is InChI=1S/C24H32N2O/c1-19-7-9-20(10-8-19)21-11-13-22(14-12-21)25-15-17-26(18-16-25)23-5-3-4-6-24(23)27-2/h3-10,21-22H,11-18H2,1-2H3. The van der Waals surface area contributed by atoms with Gasteiger partial charge in [-0.2, -0.15) is 0 Å². The van der Waals surface area contributed by atoms with Gasteiger partial charge in [0.25, 0.3) is 0 Å². The van der Waals surface area contributed by atoms with Crippen molar-refractivity contribution in [1.82, 2.24) is 4.90 Å². The van der Waals surface area contributed by atoms with E-state index in [-0.39, 0.29) is 0 Å². The Morgan fingerprint density at radius 2 is 1.48 bits per heavy atom. The van der Waals surface area contributed by atoms with E-state index in [9.17, 15) is 0 Å². The van der Waals surface area contributed by atoms with Crippen LogP contribution in [0.5, 0.6) is 5.75 Å². The molecule has 0 aromatic heterocycles. The van der Waals surface area contributed by atoms with Crippen molar-refractivity contribution in [3.63, 3.8) is 0 Å². The van der Waals surface area contributed by atoms with Gasteiger partial charge >= 0.3 is 0 Å². The molecule has 27 heavy (non-hydrogen) atoms. The molecule has 1 heterocycles. The van der Waals surface area contributed by atoms with Gasteiger partial charge in [0.05, 0.1) is 12.8 Å². The van der Waals surface area contributed by atoms with Crippen LogP contribution in [0.15, 0.2) is 48.5 Å². The summed E-state index contributed by atoms with van der Waals surface area (Å²) in [5.41, 5.74) is 4.14. The van der Waals surface area contributed by atoms with Gasteiger partial charge in [0.15, 0.2) is 0 Å². The number of hydrogen-bond donors (Lipinski definition) is 0. The van der Waals surface area contributed by atoms with Crippen molar-refractivity contribution >= 4 is 5.69 Å². The molecule has 0 atom stereocenters. The Balaban J connectivity index is 1.30. The first kappa shape index (κ1) is 18.4. The van der Waals surface area contributed by atoms with Gasteiger partial charge in [-0.25, -0.2) is 0 Å². The largest absolute Gasteiger partial charge is 0.495 e. The Hall–Kier alpha value is -2.00. The second-order valence-electron chi connectivity index (χ2n) is 8.11. The highest BCUT2D eigenvalue weighted by Gasteiger charge is 2.29. The number of rotatable bonds is 4. The molecule has 0 radical (unpaired) electrons. The van der Waals surface area contributed by atoms with E-state index in [4.69, 9.17) is 4.74 Å². The number of anilines is 1. The van der Waals surface area contributed by atoms with Crippen LogP contribution in [-0.4, -0.2) is 44.2 Å². The number of para-hydroxylation sites is 2. The summed E-state index contributed by atoms with van der Waals surface area (Å²) >= 11 is 0. The third-order valence-electron chi connectivity index (χ3n) is 6.50. The maximum absolute atomic E-state index is 5.55. The quantitative estimate of drug-likeness (QED) is 0.771. The highest BCUT2D eigenvalue weighted by Crippen LogP contribution is 2.36. The molecule has 2 aliphatic rings. The smallest absolute Gasteiger partial charge is 0.142 e. The lowest BCUT2D eigenvalue weighted by Crippen LogP contribution is -2.51. The SMILES string of the molecule is COc1ccccc1N1CCN(C2CCC(c3ccc(C)cc3)CC2)CC1. The van der Waals surface area contributed by atoms with E-state index in [2.05, 4.69) is 59.2 Å². The predicted molar refractivity (Wildman–Crippen MR) is 113 cm³/mol. The zero-order valence-electron chi connectivity index (χ0n) is 16.7. The Bertz CT molecular complexity index is 726. The molecular weight excluding hydrogens is 332 g/mol. The first-order chi connectivity index (χ1) is 13.2. The summed E-state index contributed by atoms with van der Waals surface area (Å²) in [5, 5.41) is 0. The van der Waals surface area contributed by atoms with E-state index in [1.807, 2.05) is 6.07 Å². The first-order valence-corrected chi connectivity index (χ1v) is 10.4. The second kappa shape index (κ2) is 8.35. The van der Waals surface area contributed by atoms with E-state index >= 15 is 0 Å². The molecule has 4 rings (SSSR count). The highest BCUT2D eigenvalue weighted by atomic mass is 16.5. The van der Waals surface area contributed by atoms with Crippen molar-refractivity contribution in [2.45, 2.75) is 44.6 Å². The number of methoxy groups -OCH3 is 1. The summed E-state index contributed by atoms with van der Waals surface area (Å²) in [4.78, 5) is 5.21. The van der Waals surface area contributed by atoms with Crippen LogP contribution in [0.3, 0.4) is 0 Å². The van der Waals surface area contributed by atoms with E-state index in [0.29, 0.717) is 0 Å². The molecule has 0 unspecified atom stereocenters. The molecule has 0 N–H and O–H groups in total. The van der Waals surface area contributed by atoms with Crippen LogP contribution in [0.2, 0.25) is 0 Å². The van der Waals surface area contributed by atoms with Crippen LogP contribution in [0, 0.1) is 6.92 Å². The van der Waals surface area contributed by atoms with Crippen LogP contribution in [0.4, 0.5) is 5.69 Å². The predicted octanol–water partition coefficient (Wildman–Crippen LogP) is 4.85. The maximum atomic E-state index is 5.55. The number of benzene rings is 2. The monoisotopic (exact) mass is 364 g/mol. The van der Waals surface area contributed by atoms with Gasteiger partial charge in [-0.05, 0) is 56.2 Å². The Kier molecular flexibility index (Phi) is 5.68. The second-order valence-corrected chi connectivity index (χ2v) is 8.11. The van der Waals surface area contributed by atoms with Crippen molar-refractivity contribution in [3.8, 4) is 5.75 Å². The van der Waals surface area contributed by atoms with Crippen molar-refractivity contribution in [2.75, 3.05) is 38.2 Å². The third kappa shape index (κ3) is 4.14. The van der Waals surface area contributed by atoms with E-state index in [1.54, 1.807) is 12.7 Å². The normalized spacial score (nSPS) is 24.0. The summed E-state index contributed by atoms with van der Waals surface area (Å²) in [5.74, 6) is 1.75. The molecule has 0 bridgehead atoms. The average molecular weight is 365 g/mol. The number of piperazine rings is 1. The van der Waals surface area contributed by atoms with Crippen molar-refractivity contribution < 1.29 is 4.74 Å². The molecule has 2 aromatic carbocycles. The summed E-state index contributed by atoms with van der Waals surface area (Å²) in [6, 6.07) is 18.4. The minimum Gasteiger partial charge on any atom is -0.495 e. The molecule has 144 valence electrons. The zero-order valence-corrected chi connectivity index (χ0v) is 16.7.